The van der Waals surface area contributed by atoms with Gasteiger partial charge in [0.05, 0.1) is 0 Å². The molecule has 0 fully saturated rings. The molecule has 3 N–H and O–H groups in total. The van der Waals surface area contributed by atoms with Crippen molar-refractivity contribution in [3.8, 4) is 0 Å². The summed E-state index contributed by atoms with van der Waals surface area (Å²) in [7, 11) is 0. The Bertz CT molecular complexity index is 1220. The Morgan fingerprint density at radius 2 is 0.767 bits per heavy atom. The van der Waals surface area contributed by atoms with Crippen LogP contribution in [0.25, 0.3) is 0 Å². The molecule has 2 atom stereocenters. The second-order valence-electron chi connectivity index (χ2n) is 21.7. The maximum atomic E-state index is 13.9. The zero-order chi connectivity index (χ0) is 54.3. The summed E-state index contributed by atoms with van der Waals surface area (Å²) in [5.41, 5.74) is -1.62. The minimum absolute atomic E-state index is 0.0219. The van der Waals surface area contributed by atoms with Crippen molar-refractivity contribution in [2.45, 2.75) is 291 Å². The largest absolute Gasteiger partial charge is 0.508 e. The number of carboxylic acid groups (broad SMARTS) is 2. The van der Waals surface area contributed by atoms with Gasteiger partial charge in [-0.15, -0.1) is 0 Å². The number of nitrogens with zero attached hydrogens (tertiary/aromatic N) is 2. The van der Waals surface area contributed by atoms with Crippen molar-refractivity contribution in [3.63, 3.8) is 0 Å². The van der Waals surface area contributed by atoms with Gasteiger partial charge in [0.25, 0.3) is 0 Å². The number of hydrogen-bond donors (Lipinski definition) is 3. The molecule has 0 aliphatic carbocycles. The van der Waals surface area contributed by atoms with E-state index in [1.165, 1.54) is 0 Å². The fourth-order valence-corrected chi connectivity index (χ4v) is 10.7. The topological polar surface area (TPSA) is 172 Å². The third-order valence-electron chi connectivity index (χ3n) is 15.1. The Hall–Kier alpha value is -2.64. The van der Waals surface area contributed by atoms with E-state index in [1.54, 1.807) is 0 Å². The van der Waals surface area contributed by atoms with Crippen molar-refractivity contribution >= 4 is 24.2 Å². The maximum Gasteiger partial charge on any atom is 0.508 e. The number of carbonyl (C=O) groups is 4. The lowest BCUT2D eigenvalue weighted by molar-refractivity contribution is -0.138. The quantitative estimate of drug-likeness (QED) is 0.0388. The first-order valence-electron chi connectivity index (χ1n) is 30.5. The number of aliphatic hydroxyl groups excluding tert-OH is 1. The van der Waals surface area contributed by atoms with Crippen molar-refractivity contribution < 1.29 is 53.4 Å². The van der Waals surface area contributed by atoms with Crippen LogP contribution in [0.5, 0.6) is 0 Å². The molecule has 0 aliphatic heterocycles. The number of carboxylic acids is 2. The van der Waals surface area contributed by atoms with Gasteiger partial charge in [-0.2, -0.15) is 0 Å². The maximum absolute atomic E-state index is 13.9. The Labute approximate surface area is 447 Å². The monoisotopic (exact) mass is 1040 g/mol. The van der Waals surface area contributed by atoms with Crippen LogP contribution in [0.3, 0.4) is 0 Å². The molecule has 0 aromatic heterocycles. The van der Waals surface area contributed by atoms with Crippen LogP contribution >= 0.6 is 0 Å². The molecule has 2 unspecified atom stereocenters. The molecular formula is C60H116N2O11. The predicted octanol–water partition coefficient (Wildman–Crippen LogP) is 16.0. The van der Waals surface area contributed by atoms with Crippen molar-refractivity contribution in [2.75, 3.05) is 59.1 Å². The molecule has 0 rings (SSSR count). The van der Waals surface area contributed by atoms with Gasteiger partial charge in [0, 0.05) is 45.6 Å². The third kappa shape index (κ3) is 39.4. The molecule has 0 saturated carbocycles. The van der Waals surface area contributed by atoms with E-state index in [0.29, 0.717) is 82.8 Å². The SMILES string of the molecule is CCCCCCC(CCCC(=O)O)(CC(CCCCC)CCCCC)OC(=O)OCCN(CCOC(=O)OC(CCCCCC)(CCCC(=O)O)CC(CCCCC)CCCCC)CCN(CC)CCCCO. The Balaban J connectivity index is 6.56. The zero-order valence-corrected chi connectivity index (χ0v) is 48.5. The van der Waals surface area contributed by atoms with E-state index in [0.717, 1.165) is 187 Å². The van der Waals surface area contributed by atoms with E-state index in [9.17, 15) is 34.5 Å². The average Bonchev–Trinajstić information content (AvgIpc) is 3.35. The molecule has 0 saturated heterocycles. The average molecular weight is 1040 g/mol. The molecule has 0 heterocycles. The fraction of sp³-hybridized carbons (Fsp3) is 0.933. The second kappa shape index (κ2) is 47.8. The predicted molar refractivity (Wildman–Crippen MR) is 298 cm³/mol. The fourth-order valence-electron chi connectivity index (χ4n) is 10.7. The van der Waals surface area contributed by atoms with Gasteiger partial charge in [0.15, 0.2) is 0 Å². The molecule has 73 heavy (non-hydrogen) atoms. The van der Waals surface area contributed by atoms with E-state index >= 15 is 0 Å². The van der Waals surface area contributed by atoms with Gasteiger partial charge >= 0.3 is 24.2 Å². The summed E-state index contributed by atoms with van der Waals surface area (Å²) in [6.45, 7) is 19.4. The molecule has 0 aromatic rings. The van der Waals surface area contributed by atoms with Crippen molar-refractivity contribution in [1.82, 2.24) is 9.80 Å². The number of hydrogen-bond acceptors (Lipinski definition) is 11. The number of rotatable bonds is 54. The van der Waals surface area contributed by atoms with Crippen LogP contribution in [-0.2, 0) is 28.5 Å². The first kappa shape index (κ1) is 70.4. The molecule has 13 nitrogen and oxygen atoms in total. The minimum atomic E-state index is -0.848. The molecular weight excluding hydrogens is 925 g/mol. The molecule has 13 heteroatoms. The Morgan fingerprint density at radius 3 is 1.11 bits per heavy atom. The highest BCUT2D eigenvalue weighted by atomic mass is 16.7. The summed E-state index contributed by atoms with van der Waals surface area (Å²) in [5.74, 6) is -0.952. The summed E-state index contributed by atoms with van der Waals surface area (Å²) in [4.78, 5) is 55.9. The molecule has 0 aromatic carbocycles. The Morgan fingerprint density at radius 1 is 0.411 bits per heavy atom. The molecule has 0 amide bonds. The molecule has 432 valence electrons. The number of carbonyl (C=O) groups excluding carboxylic acids is 2. The smallest absolute Gasteiger partial charge is 0.481 e. The third-order valence-corrected chi connectivity index (χ3v) is 15.1. The van der Waals surface area contributed by atoms with Crippen LogP contribution in [0.4, 0.5) is 9.59 Å². The summed E-state index contributed by atoms with van der Waals surface area (Å²) in [6, 6.07) is 0. The van der Waals surface area contributed by atoms with E-state index in [2.05, 4.69) is 58.3 Å². The summed E-state index contributed by atoms with van der Waals surface area (Å²) in [5, 5.41) is 28.7. The van der Waals surface area contributed by atoms with Gasteiger partial charge in [0.1, 0.15) is 24.4 Å². The van der Waals surface area contributed by atoms with Crippen molar-refractivity contribution in [2.24, 2.45) is 11.8 Å². The van der Waals surface area contributed by atoms with Crippen molar-refractivity contribution in [3.05, 3.63) is 0 Å². The standard InChI is InChI=1S/C60H116N2O11/c1-8-15-21-27-39-59(41-31-37-55(64)65,51-53(33-23-17-10-3)34-24-18-11-4)72-57(68)70-49-46-62(45-44-61(14-7)43-29-30-48-63)47-50-71-58(69)73-60(40-28-22-16-9-2,42-32-38-56(66)67)52-54(35-25-19-12-5)36-26-20-13-6/h53-54,63H,8-52H2,1-7H3,(H,64,65)(H,66,67). The number of aliphatic hydroxyl groups is 1. The van der Waals surface area contributed by atoms with Gasteiger partial charge < -0.3 is 39.2 Å². The molecule has 0 bridgehead atoms. The van der Waals surface area contributed by atoms with E-state index in [-0.39, 0.29) is 32.7 Å². The molecule has 0 aliphatic rings. The Kier molecular flexibility index (Phi) is 46.1. The highest BCUT2D eigenvalue weighted by molar-refractivity contribution is 5.67. The number of likely N-dealkylation sites (N-methyl/N-ethyl adjacent to an activating group) is 1. The van der Waals surface area contributed by atoms with Crippen LogP contribution in [0, 0.1) is 11.8 Å². The molecule has 0 spiro atoms. The lowest BCUT2D eigenvalue weighted by Gasteiger charge is -2.37. The van der Waals surface area contributed by atoms with Crippen LogP contribution in [0.15, 0.2) is 0 Å². The number of unbranched alkanes of at least 4 members (excludes halogenated alkanes) is 15. The highest BCUT2D eigenvalue weighted by Crippen LogP contribution is 2.39. The lowest BCUT2D eigenvalue weighted by atomic mass is 9.78. The van der Waals surface area contributed by atoms with Crippen LogP contribution in [-0.4, -0.2) is 120 Å². The highest BCUT2D eigenvalue weighted by Gasteiger charge is 2.38. The summed E-state index contributed by atoms with van der Waals surface area (Å²) >= 11 is 0. The van der Waals surface area contributed by atoms with E-state index < -0.39 is 35.5 Å². The number of ether oxygens (including phenoxy) is 4. The van der Waals surface area contributed by atoms with Gasteiger partial charge in [-0.1, -0.05) is 190 Å². The van der Waals surface area contributed by atoms with E-state index in [1.807, 2.05) is 0 Å². The zero-order valence-electron chi connectivity index (χ0n) is 48.5. The van der Waals surface area contributed by atoms with Crippen LogP contribution in [0.1, 0.15) is 280 Å². The van der Waals surface area contributed by atoms with Crippen molar-refractivity contribution in [1.29, 1.82) is 0 Å². The second-order valence-corrected chi connectivity index (χ2v) is 21.7. The molecule has 0 radical (unpaired) electrons. The van der Waals surface area contributed by atoms with Gasteiger partial charge in [-0.05, 0) is 102 Å². The van der Waals surface area contributed by atoms with Gasteiger partial charge in [-0.3, -0.25) is 14.5 Å². The number of aliphatic carboxylic acids is 2. The minimum Gasteiger partial charge on any atom is -0.481 e. The summed E-state index contributed by atoms with van der Waals surface area (Å²) in [6.07, 6.45) is 30.9. The first-order valence-corrected chi connectivity index (χ1v) is 30.5. The first-order chi connectivity index (χ1) is 35.3. The summed E-state index contributed by atoms with van der Waals surface area (Å²) < 4.78 is 24.9. The lowest BCUT2D eigenvalue weighted by Crippen LogP contribution is -2.41. The van der Waals surface area contributed by atoms with Crippen LogP contribution in [0.2, 0.25) is 0 Å². The normalized spacial score (nSPS) is 13.4. The van der Waals surface area contributed by atoms with E-state index in [4.69, 9.17) is 18.9 Å². The van der Waals surface area contributed by atoms with Crippen LogP contribution < -0.4 is 0 Å². The van der Waals surface area contributed by atoms with Gasteiger partial charge in [-0.25, -0.2) is 9.59 Å². The van der Waals surface area contributed by atoms with Gasteiger partial charge in [0.2, 0.25) is 0 Å².